The number of thiazole rings is 1. The second kappa shape index (κ2) is 11.6. The summed E-state index contributed by atoms with van der Waals surface area (Å²) in [5.41, 5.74) is 2.99. The lowest BCUT2D eigenvalue weighted by Gasteiger charge is -2.32. The van der Waals surface area contributed by atoms with Crippen molar-refractivity contribution in [2.45, 2.75) is 25.7 Å². The summed E-state index contributed by atoms with van der Waals surface area (Å²) in [7, 11) is 0. The first kappa shape index (κ1) is 25.1. The number of nitrogens with zero attached hydrogens (tertiary/aromatic N) is 2. The van der Waals surface area contributed by atoms with E-state index in [9.17, 15) is 9.59 Å². The van der Waals surface area contributed by atoms with Gasteiger partial charge in [-0.2, -0.15) is 0 Å². The van der Waals surface area contributed by atoms with Gasteiger partial charge in [0.25, 0.3) is 5.91 Å². The molecular formula is C25H25ClN4O3S2. The summed E-state index contributed by atoms with van der Waals surface area (Å²) in [5, 5.41) is 9.36. The number of hydrogen-bond donors (Lipinski definition) is 2. The van der Waals surface area contributed by atoms with E-state index in [2.05, 4.69) is 15.6 Å². The Kier molecular flexibility index (Phi) is 8.33. The van der Waals surface area contributed by atoms with Crippen LogP contribution in [0, 0.1) is 0 Å². The van der Waals surface area contributed by atoms with E-state index in [1.807, 2.05) is 53.4 Å². The van der Waals surface area contributed by atoms with Gasteiger partial charge in [0, 0.05) is 40.7 Å². The van der Waals surface area contributed by atoms with Crippen LogP contribution >= 0.6 is 35.2 Å². The van der Waals surface area contributed by atoms with Gasteiger partial charge in [-0.1, -0.05) is 41.9 Å². The number of nitrogens with one attached hydrogen (secondary N) is 2. The number of likely N-dealkylation sites (tertiary alicyclic amines) is 1. The van der Waals surface area contributed by atoms with Gasteiger partial charge < -0.3 is 15.0 Å². The van der Waals surface area contributed by atoms with Crippen molar-refractivity contribution >= 4 is 58.0 Å². The molecular weight excluding hydrogens is 504 g/mol. The first-order chi connectivity index (χ1) is 16.9. The van der Waals surface area contributed by atoms with Gasteiger partial charge in [0.05, 0.1) is 11.6 Å². The van der Waals surface area contributed by atoms with Crippen LogP contribution in [0.1, 0.15) is 41.2 Å². The lowest BCUT2D eigenvalue weighted by atomic mass is 9.98. The van der Waals surface area contributed by atoms with Crippen LogP contribution in [0.25, 0.3) is 11.1 Å². The number of aromatic nitrogens is 1. The van der Waals surface area contributed by atoms with Gasteiger partial charge >= 0.3 is 6.09 Å². The number of benzene rings is 2. The average molecular weight is 529 g/mol. The number of anilines is 1. The van der Waals surface area contributed by atoms with E-state index in [0.717, 1.165) is 29.0 Å². The average Bonchev–Trinajstić information content (AvgIpc) is 3.36. The molecule has 1 aliphatic rings. The summed E-state index contributed by atoms with van der Waals surface area (Å²) < 4.78 is 4.88. The van der Waals surface area contributed by atoms with E-state index in [1.54, 1.807) is 12.3 Å². The van der Waals surface area contributed by atoms with E-state index in [4.69, 9.17) is 28.6 Å². The molecule has 182 valence electrons. The molecule has 2 heterocycles. The summed E-state index contributed by atoms with van der Waals surface area (Å²) in [6.07, 6.45) is 1.13. The van der Waals surface area contributed by atoms with Crippen LogP contribution < -0.4 is 10.6 Å². The largest absolute Gasteiger partial charge is 0.450 e. The van der Waals surface area contributed by atoms with Crippen molar-refractivity contribution in [3.63, 3.8) is 0 Å². The van der Waals surface area contributed by atoms with Crippen molar-refractivity contribution in [3.8, 4) is 11.1 Å². The number of thiocarbonyl (C=S) groups is 1. The van der Waals surface area contributed by atoms with Crippen LogP contribution in [0.3, 0.4) is 0 Å². The summed E-state index contributed by atoms with van der Waals surface area (Å²) in [5.74, 6) is -0.00397. The molecule has 1 aromatic heterocycles. The maximum Gasteiger partial charge on any atom is 0.413 e. The minimum absolute atomic E-state index is 0.240. The predicted molar refractivity (Wildman–Crippen MR) is 143 cm³/mol. The van der Waals surface area contributed by atoms with E-state index < -0.39 is 6.09 Å². The Morgan fingerprint density at radius 2 is 1.89 bits per heavy atom. The first-order valence-corrected chi connectivity index (χ1v) is 13.0. The normalized spacial score (nSPS) is 13.8. The molecule has 1 saturated heterocycles. The maximum absolute atomic E-state index is 13.0. The number of para-hydroxylation sites is 1. The number of ether oxygens (including phenoxy) is 1. The smallest absolute Gasteiger partial charge is 0.413 e. The van der Waals surface area contributed by atoms with Crippen LogP contribution in [0.5, 0.6) is 0 Å². The third-order valence-electron chi connectivity index (χ3n) is 5.70. The zero-order chi connectivity index (χ0) is 24.8. The Morgan fingerprint density at radius 3 is 2.60 bits per heavy atom. The quantitative estimate of drug-likeness (QED) is 0.399. The Hall–Kier alpha value is -3.01. The summed E-state index contributed by atoms with van der Waals surface area (Å²) in [6, 6.07) is 15.2. The number of rotatable bonds is 5. The Morgan fingerprint density at radius 1 is 1.17 bits per heavy atom. The second-order valence-corrected chi connectivity index (χ2v) is 9.70. The molecule has 2 aromatic carbocycles. The Labute approximate surface area is 218 Å². The third kappa shape index (κ3) is 6.36. The monoisotopic (exact) mass is 528 g/mol. The fraction of sp³-hybridized carbons (Fsp3) is 0.280. The highest BCUT2D eigenvalue weighted by molar-refractivity contribution is 7.80. The van der Waals surface area contributed by atoms with Crippen LogP contribution in [0.15, 0.2) is 53.9 Å². The highest BCUT2D eigenvalue weighted by atomic mass is 35.5. The summed E-state index contributed by atoms with van der Waals surface area (Å²) in [4.78, 5) is 31.2. The molecule has 2 amide bonds. The summed E-state index contributed by atoms with van der Waals surface area (Å²) in [6.45, 7) is 3.44. The molecule has 35 heavy (non-hydrogen) atoms. The standard InChI is InChI=1S/C25H25ClN4O3S2/c1-2-33-25(32)29-24(34)30-13-11-17(12-14-30)23-28-21(15-35-23)22(31)27-20-6-4-3-5-19(20)16-7-9-18(26)10-8-16/h3-10,15,17H,2,11-14H2,1H3,(H,27,31)(H,29,32,34). The number of hydrogen-bond acceptors (Lipinski definition) is 6. The van der Waals surface area contributed by atoms with Crippen molar-refractivity contribution in [2.75, 3.05) is 25.0 Å². The fourth-order valence-electron chi connectivity index (χ4n) is 3.90. The molecule has 1 aliphatic heterocycles. The molecule has 0 atom stereocenters. The fourth-order valence-corrected chi connectivity index (χ4v) is 5.27. The minimum atomic E-state index is -0.534. The van der Waals surface area contributed by atoms with Crippen LogP contribution in [0.4, 0.5) is 10.5 Å². The minimum Gasteiger partial charge on any atom is -0.450 e. The van der Waals surface area contributed by atoms with Gasteiger partial charge in [0.1, 0.15) is 5.69 Å². The zero-order valence-electron chi connectivity index (χ0n) is 19.1. The Balaban J connectivity index is 1.37. The lowest BCUT2D eigenvalue weighted by molar-refractivity contribution is 0.102. The van der Waals surface area contributed by atoms with E-state index >= 15 is 0 Å². The topological polar surface area (TPSA) is 83.6 Å². The molecule has 1 fully saturated rings. The Bertz CT molecular complexity index is 1210. The first-order valence-electron chi connectivity index (χ1n) is 11.3. The van der Waals surface area contributed by atoms with Gasteiger partial charge in [0.15, 0.2) is 5.11 Å². The molecule has 0 aliphatic carbocycles. The van der Waals surface area contributed by atoms with Crippen molar-refractivity contribution in [1.29, 1.82) is 0 Å². The van der Waals surface area contributed by atoms with E-state index in [-0.39, 0.29) is 11.8 Å². The van der Waals surface area contributed by atoms with Crippen molar-refractivity contribution in [1.82, 2.24) is 15.2 Å². The van der Waals surface area contributed by atoms with Crippen molar-refractivity contribution in [3.05, 3.63) is 69.6 Å². The molecule has 0 radical (unpaired) electrons. The zero-order valence-corrected chi connectivity index (χ0v) is 21.5. The molecule has 0 bridgehead atoms. The van der Waals surface area contributed by atoms with Crippen LogP contribution in [-0.2, 0) is 4.74 Å². The van der Waals surface area contributed by atoms with Crippen LogP contribution in [-0.4, -0.2) is 46.7 Å². The highest BCUT2D eigenvalue weighted by Crippen LogP contribution is 2.32. The van der Waals surface area contributed by atoms with Gasteiger partial charge in [-0.3, -0.25) is 10.1 Å². The lowest BCUT2D eigenvalue weighted by Crippen LogP contribution is -2.46. The number of carbonyl (C=O) groups excluding carboxylic acids is 2. The molecule has 0 saturated carbocycles. The SMILES string of the molecule is CCOC(=O)NC(=S)N1CCC(c2nc(C(=O)Nc3ccccc3-c3ccc(Cl)cc3)cs2)CC1. The van der Waals surface area contributed by atoms with Gasteiger partial charge in [-0.05, 0) is 55.7 Å². The number of amides is 2. The van der Waals surface area contributed by atoms with E-state index in [1.165, 1.54) is 11.3 Å². The van der Waals surface area contributed by atoms with Gasteiger partial charge in [0.2, 0.25) is 0 Å². The molecule has 4 rings (SSSR count). The number of halogens is 1. The maximum atomic E-state index is 13.0. The van der Waals surface area contributed by atoms with E-state index in [0.29, 0.717) is 41.2 Å². The molecule has 7 nitrogen and oxygen atoms in total. The highest BCUT2D eigenvalue weighted by Gasteiger charge is 2.26. The third-order valence-corrected chi connectivity index (χ3v) is 7.32. The van der Waals surface area contributed by atoms with Gasteiger partial charge in [-0.25, -0.2) is 9.78 Å². The van der Waals surface area contributed by atoms with Crippen LogP contribution in [0.2, 0.25) is 5.02 Å². The number of carbonyl (C=O) groups is 2. The molecule has 0 unspecified atom stereocenters. The number of alkyl carbamates (subject to hydrolysis) is 1. The molecule has 10 heteroatoms. The second-order valence-electron chi connectivity index (χ2n) is 7.99. The van der Waals surface area contributed by atoms with Crippen molar-refractivity contribution < 1.29 is 14.3 Å². The molecule has 0 spiro atoms. The van der Waals surface area contributed by atoms with Crippen molar-refractivity contribution in [2.24, 2.45) is 0 Å². The molecule has 2 N–H and O–H groups in total. The van der Waals surface area contributed by atoms with Gasteiger partial charge in [-0.15, -0.1) is 11.3 Å². The number of piperidine rings is 1. The summed E-state index contributed by atoms with van der Waals surface area (Å²) >= 11 is 12.8. The predicted octanol–water partition coefficient (Wildman–Crippen LogP) is 5.93. The molecule has 3 aromatic rings.